The number of hydrogen-bond donors (Lipinski definition) is 1. The fourth-order valence-electron chi connectivity index (χ4n) is 2.84. The maximum absolute atomic E-state index is 5.51. The number of ether oxygens (including phenoxy) is 1. The highest BCUT2D eigenvalue weighted by Crippen LogP contribution is 2.24. The van der Waals surface area contributed by atoms with Crippen molar-refractivity contribution < 1.29 is 4.74 Å². The molecule has 3 heterocycles. The minimum atomic E-state index is 0.480. The van der Waals surface area contributed by atoms with E-state index in [1.807, 2.05) is 0 Å². The number of nitrogens with zero attached hydrogens (tertiary/aromatic N) is 3. The normalized spacial score (nSPS) is 24.6. The maximum atomic E-state index is 5.51. The number of nitrogens with one attached hydrogen (secondary N) is 1. The molecular weight excluding hydrogens is 240 g/mol. The summed E-state index contributed by atoms with van der Waals surface area (Å²) in [4.78, 5) is 11.2. The predicted octanol–water partition coefficient (Wildman–Crippen LogP) is 1.45. The van der Waals surface area contributed by atoms with Gasteiger partial charge in [-0.25, -0.2) is 9.97 Å². The van der Waals surface area contributed by atoms with Crippen molar-refractivity contribution in [1.29, 1.82) is 0 Å². The summed E-state index contributed by atoms with van der Waals surface area (Å²) in [5.41, 5.74) is 2.49. The summed E-state index contributed by atoms with van der Waals surface area (Å²) in [5.74, 6) is 1.03. The lowest BCUT2D eigenvalue weighted by Gasteiger charge is -2.27. The predicted molar refractivity (Wildman–Crippen MR) is 74.2 cm³/mol. The van der Waals surface area contributed by atoms with Crippen LogP contribution in [0.1, 0.15) is 30.5 Å². The van der Waals surface area contributed by atoms with E-state index in [4.69, 9.17) is 4.74 Å². The molecule has 0 bridgehead atoms. The Morgan fingerprint density at radius 3 is 3.21 bits per heavy atom. The van der Waals surface area contributed by atoms with E-state index in [1.165, 1.54) is 11.3 Å². The molecule has 3 rings (SSSR count). The average molecular weight is 262 g/mol. The van der Waals surface area contributed by atoms with Crippen LogP contribution in [0.3, 0.4) is 0 Å². The number of fused-ring (bicyclic) bond motifs is 1. The number of aromatic nitrogens is 2. The van der Waals surface area contributed by atoms with Crippen LogP contribution in [-0.4, -0.2) is 47.7 Å². The SMILES string of the molecule is CN1CCc2ncnc(NC3CCCOCC3)c2C1. The molecule has 1 atom stereocenters. The van der Waals surface area contributed by atoms with Crippen LogP contribution in [-0.2, 0) is 17.7 Å². The number of anilines is 1. The molecule has 2 aliphatic heterocycles. The zero-order valence-corrected chi connectivity index (χ0v) is 11.6. The molecule has 1 aromatic rings. The molecule has 1 aromatic heterocycles. The standard InChI is InChI=1S/C14H22N4O/c1-18-6-4-13-12(9-18)14(16-10-15-13)17-11-3-2-7-19-8-5-11/h10-11H,2-9H2,1H3,(H,15,16,17). The second kappa shape index (κ2) is 5.84. The average Bonchev–Trinajstić information content (AvgIpc) is 2.68. The van der Waals surface area contributed by atoms with E-state index in [-0.39, 0.29) is 0 Å². The topological polar surface area (TPSA) is 50.3 Å². The van der Waals surface area contributed by atoms with Crippen LogP contribution >= 0.6 is 0 Å². The van der Waals surface area contributed by atoms with Gasteiger partial charge in [0.25, 0.3) is 0 Å². The van der Waals surface area contributed by atoms with Crippen LogP contribution in [0.4, 0.5) is 5.82 Å². The molecule has 0 amide bonds. The van der Waals surface area contributed by atoms with Gasteiger partial charge in [0.15, 0.2) is 0 Å². The van der Waals surface area contributed by atoms with Gasteiger partial charge in [0.05, 0.1) is 5.69 Å². The van der Waals surface area contributed by atoms with E-state index < -0.39 is 0 Å². The molecule has 1 saturated heterocycles. The summed E-state index contributed by atoms with van der Waals surface area (Å²) in [6.45, 7) is 3.77. The van der Waals surface area contributed by atoms with E-state index in [1.54, 1.807) is 6.33 Å². The van der Waals surface area contributed by atoms with Crippen LogP contribution in [0.25, 0.3) is 0 Å². The Morgan fingerprint density at radius 1 is 1.32 bits per heavy atom. The van der Waals surface area contributed by atoms with Gasteiger partial charge in [-0.15, -0.1) is 0 Å². The van der Waals surface area contributed by atoms with Crippen molar-refractivity contribution in [1.82, 2.24) is 14.9 Å². The van der Waals surface area contributed by atoms with Crippen molar-refractivity contribution in [2.75, 3.05) is 32.1 Å². The Balaban J connectivity index is 1.76. The molecule has 0 aromatic carbocycles. The lowest BCUT2D eigenvalue weighted by atomic mass is 10.1. The highest BCUT2D eigenvalue weighted by Gasteiger charge is 2.20. The first-order chi connectivity index (χ1) is 9.33. The Hall–Kier alpha value is -1.20. The number of rotatable bonds is 2. The molecule has 1 N–H and O–H groups in total. The van der Waals surface area contributed by atoms with Gasteiger partial charge < -0.3 is 15.0 Å². The molecule has 5 nitrogen and oxygen atoms in total. The zero-order chi connectivity index (χ0) is 13.1. The molecule has 0 aliphatic carbocycles. The van der Waals surface area contributed by atoms with Crippen molar-refractivity contribution in [2.24, 2.45) is 0 Å². The molecule has 1 fully saturated rings. The largest absolute Gasteiger partial charge is 0.381 e. The molecule has 0 spiro atoms. The van der Waals surface area contributed by atoms with Crippen LogP contribution in [0, 0.1) is 0 Å². The summed E-state index contributed by atoms with van der Waals surface area (Å²) in [6, 6.07) is 0.480. The van der Waals surface area contributed by atoms with Crippen molar-refractivity contribution in [2.45, 2.75) is 38.3 Å². The summed E-state index contributed by atoms with van der Waals surface area (Å²) in [6.07, 6.45) is 6.07. The summed E-state index contributed by atoms with van der Waals surface area (Å²) >= 11 is 0. The van der Waals surface area contributed by atoms with Gasteiger partial charge in [0, 0.05) is 44.3 Å². The first kappa shape index (κ1) is 12.8. The van der Waals surface area contributed by atoms with E-state index in [0.29, 0.717) is 6.04 Å². The molecule has 1 unspecified atom stereocenters. The summed E-state index contributed by atoms with van der Waals surface area (Å²) < 4.78 is 5.51. The van der Waals surface area contributed by atoms with Crippen molar-refractivity contribution in [3.05, 3.63) is 17.6 Å². The third kappa shape index (κ3) is 3.04. The molecular formula is C14H22N4O. The smallest absolute Gasteiger partial charge is 0.134 e. The van der Waals surface area contributed by atoms with Gasteiger partial charge >= 0.3 is 0 Å². The number of likely N-dealkylation sites (N-methyl/N-ethyl adjacent to an activating group) is 1. The molecule has 104 valence electrons. The fraction of sp³-hybridized carbons (Fsp3) is 0.714. The molecule has 0 radical (unpaired) electrons. The van der Waals surface area contributed by atoms with Gasteiger partial charge in [-0.2, -0.15) is 0 Å². The van der Waals surface area contributed by atoms with E-state index in [2.05, 4.69) is 27.2 Å². The van der Waals surface area contributed by atoms with Crippen molar-refractivity contribution >= 4 is 5.82 Å². The van der Waals surface area contributed by atoms with E-state index >= 15 is 0 Å². The van der Waals surface area contributed by atoms with Gasteiger partial charge in [-0.1, -0.05) is 0 Å². The molecule has 0 saturated carbocycles. The fourth-order valence-corrected chi connectivity index (χ4v) is 2.84. The number of hydrogen-bond acceptors (Lipinski definition) is 5. The monoisotopic (exact) mass is 262 g/mol. The second-order valence-corrected chi connectivity index (χ2v) is 5.52. The van der Waals surface area contributed by atoms with Crippen molar-refractivity contribution in [3.63, 3.8) is 0 Å². The minimum absolute atomic E-state index is 0.480. The quantitative estimate of drug-likeness (QED) is 0.874. The third-order valence-electron chi connectivity index (χ3n) is 3.99. The van der Waals surface area contributed by atoms with Crippen molar-refractivity contribution in [3.8, 4) is 0 Å². The highest BCUT2D eigenvalue weighted by molar-refractivity contribution is 5.47. The van der Waals surface area contributed by atoms with Gasteiger partial charge in [0.1, 0.15) is 12.1 Å². The van der Waals surface area contributed by atoms with Gasteiger partial charge in [-0.3, -0.25) is 0 Å². The van der Waals surface area contributed by atoms with E-state index in [9.17, 15) is 0 Å². The third-order valence-corrected chi connectivity index (χ3v) is 3.99. The molecule has 2 aliphatic rings. The second-order valence-electron chi connectivity index (χ2n) is 5.52. The maximum Gasteiger partial charge on any atom is 0.134 e. The van der Waals surface area contributed by atoms with Crippen LogP contribution in [0.2, 0.25) is 0 Å². The minimum Gasteiger partial charge on any atom is -0.381 e. The van der Waals surface area contributed by atoms with Crippen LogP contribution in [0.5, 0.6) is 0 Å². The molecule has 19 heavy (non-hydrogen) atoms. The molecule has 5 heteroatoms. The van der Waals surface area contributed by atoms with Crippen LogP contribution in [0.15, 0.2) is 6.33 Å². The zero-order valence-electron chi connectivity index (χ0n) is 11.6. The lowest BCUT2D eigenvalue weighted by Crippen LogP contribution is -2.30. The highest BCUT2D eigenvalue weighted by atomic mass is 16.5. The first-order valence-electron chi connectivity index (χ1n) is 7.18. The van der Waals surface area contributed by atoms with Gasteiger partial charge in [0.2, 0.25) is 0 Å². The Bertz CT molecular complexity index is 429. The Labute approximate surface area is 114 Å². The summed E-state index contributed by atoms with van der Waals surface area (Å²) in [7, 11) is 2.15. The Kier molecular flexibility index (Phi) is 3.94. The lowest BCUT2D eigenvalue weighted by molar-refractivity contribution is 0.144. The Morgan fingerprint density at radius 2 is 2.26 bits per heavy atom. The summed E-state index contributed by atoms with van der Waals surface area (Å²) in [5, 5.41) is 3.61. The first-order valence-corrected chi connectivity index (χ1v) is 7.18. The van der Waals surface area contributed by atoms with Gasteiger partial charge in [-0.05, 0) is 26.3 Å². The van der Waals surface area contributed by atoms with E-state index in [0.717, 1.165) is 57.8 Å². The van der Waals surface area contributed by atoms with Crippen LogP contribution < -0.4 is 5.32 Å².